The van der Waals surface area contributed by atoms with Crippen LogP contribution in [0.1, 0.15) is 38.5 Å². The Morgan fingerprint density at radius 1 is 1.11 bits per heavy atom. The van der Waals surface area contributed by atoms with Crippen LogP contribution in [0.4, 0.5) is 0 Å². The Hall–Kier alpha value is -0.620. The molecular weight excluding hydrogens is 252 g/mol. The Morgan fingerprint density at radius 3 is 2.11 bits per heavy atom. The zero-order chi connectivity index (χ0) is 12.9. The van der Waals surface area contributed by atoms with Crippen molar-refractivity contribution in [1.29, 1.82) is 0 Å². The molecule has 102 valence electrons. The van der Waals surface area contributed by atoms with Gasteiger partial charge in [0.2, 0.25) is 15.9 Å². The van der Waals surface area contributed by atoms with E-state index >= 15 is 0 Å². The van der Waals surface area contributed by atoms with Crippen LogP contribution < -0.4 is 5.32 Å². The maximum atomic E-state index is 11.7. The Bertz CT molecular complexity index is 444. The molecule has 3 aliphatic rings. The second kappa shape index (κ2) is 4.20. The quantitative estimate of drug-likeness (QED) is 0.812. The Kier molecular flexibility index (Phi) is 2.90. The van der Waals surface area contributed by atoms with Crippen LogP contribution in [0.25, 0.3) is 0 Å². The van der Waals surface area contributed by atoms with Crippen molar-refractivity contribution in [2.24, 2.45) is 5.92 Å². The molecule has 2 saturated heterocycles. The Morgan fingerprint density at radius 2 is 1.67 bits per heavy atom. The minimum Gasteiger partial charge on any atom is -0.353 e. The summed E-state index contributed by atoms with van der Waals surface area (Å²) in [6, 6.07) is 0.375. The summed E-state index contributed by atoms with van der Waals surface area (Å²) < 4.78 is 25.1. The molecule has 5 nitrogen and oxygen atoms in total. The molecule has 0 aromatic heterocycles. The molecular formula is C12H20N2O3S. The van der Waals surface area contributed by atoms with Crippen molar-refractivity contribution in [1.82, 2.24) is 9.62 Å². The molecule has 0 radical (unpaired) electrons. The standard InChI is InChI=1S/C12H20N2O3S/c1-18(16,17)14-10-4-5-11(14)7-9(6-10)13-12(15)8-2-3-8/h8-11H,2-7H2,1H3,(H,13,15). The topological polar surface area (TPSA) is 66.5 Å². The minimum absolute atomic E-state index is 0.100. The summed E-state index contributed by atoms with van der Waals surface area (Å²) >= 11 is 0. The predicted molar refractivity (Wildman–Crippen MR) is 67.4 cm³/mol. The summed E-state index contributed by atoms with van der Waals surface area (Å²) in [6.07, 6.45) is 6.76. The van der Waals surface area contributed by atoms with Crippen molar-refractivity contribution < 1.29 is 13.2 Å². The van der Waals surface area contributed by atoms with E-state index in [2.05, 4.69) is 5.32 Å². The molecule has 1 aliphatic carbocycles. The van der Waals surface area contributed by atoms with E-state index in [1.807, 2.05) is 0 Å². The molecule has 3 rings (SSSR count). The van der Waals surface area contributed by atoms with Gasteiger partial charge in [0.05, 0.1) is 6.26 Å². The lowest BCUT2D eigenvalue weighted by Crippen LogP contribution is -2.52. The van der Waals surface area contributed by atoms with Gasteiger partial charge in [-0.3, -0.25) is 4.79 Å². The first-order valence-electron chi connectivity index (χ1n) is 6.74. The number of nitrogens with one attached hydrogen (secondary N) is 1. The second-order valence-electron chi connectivity index (χ2n) is 5.93. The molecule has 0 aromatic rings. The van der Waals surface area contributed by atoms with Gasteiger partial charge >= 0.3 is 0 Å². The molecule has 2 atom stereocenters. The summed E-state index contributed by atoms with van der Waals surface area (Å²) in [5.41, 5.74) is 0. The van der Waals surface area contributed by atoms with Gasteiger partial charge in [-0.1, -0.05) is 0 Å². The lowest BCUT2D eigenvalue weighted by Gasteiger charge is -2.37. The molecule has 0 spiro atoms. The molecule has 2 bridgehead atoms. The number of piperidine rings is 1. The zero-order valence-corrected chi connectivity index (χ0v) is 11.4. The van der Waals surface area contributed by atoms with Gasteiger partial charge in [0.15, 0.2) is 0 Å². The molecule has 3 fully saturated rings. The van der Waals surface area contributed by atoms with Crippen LogP contribution in [0.2, 0.25) is 0 Å². The van der Waals surface area contributed by atoms with Gasteiger partial charge in [0.1, 0.15) is 0 Å². The fraction of sp³-hybridized carbons (Fsp3) is 0.917. The summed E-state index contributed by atoms with van der Waals surface area (Å²) in [5, 5.41) is 3.09. The summed E-state index contributed by atoms with van der Waals surface area (Å²) in [5.74, 6) is 0.405. The van der Waals surface area contributed by atoms with Crippen LogP contribution in [-0.2, 0) is 14.8 Å². The number of rotatable bonds is 3. The van der Waals surface area contributed by atoms with Crippen LogP contribution in [0, 0.1) is 5.92 Å². The maximum Gasteiger partial charge on any atom is 0.223 e. The van der Waals surface area contributed by atoms with Gasteiger partial charge in [-0.2, -0.15) is 4.31 Å². The van der Waals surface area contributed by atoms with Crippen molar-refractivity contribution in [3.8, 4) is 0 Å². The Labute approximate surface area is 108 Å². The SMILES string of the molecule is CS(=O)(=O)N1C2CCC1CC(NC(=O)C1CC1)C2. The first kappa shape index (κ1) is 12.4. The van der Waals surface area contributed by atoms with E-state index in [0.29, 0.717) is 0 Å². The second-order valence-corrected chi connectivity index (χ2v) is 7.82. The average Bonchev–Trinajstić information content (AvgIpc) is 3.04. The molecule has 2 aliphatic heterocycles. The number of amides is 1. The number of carbonyl (C=O) groups is 1. The lowest BCUT2D eigenvalue weighted by molar-refractivity contribution is -0.123. The number of hydrogen-bond acceptors (Lipinski definition) is 3. The van der Waals surface area contributed by atoms with E-state index in [4.69, 9.17) is 0 Å². The van der Waals surface area contributed by atoms with E-state index < -0.39 is 10.0 Å². The molecule has 18 heavy (non-hydrogen) atoms. The Balaban J connectivity index is 1.66. The predicted octanol–water partition coefficient (Wildman–Crippen LogP) is 0.468. The first-order valence-corrected chi connectivity index (χ1v) is 8.59. The summed E-state index contributed by atoms with van der Waals surface area (Å²) in [4.78, 5) is 11.7. The largest absolute Gasteiger partial charge is 0.353 e. The fourth-order valence-electron chi connectivity index (χ4n) is 3.46. The molecule has 6 heteroatoms. The summed E-state index contributed by atoms with van der Waals surface area (Å²) in [7, 11) is -3.10. The van der Waals surface area contributed by atoms with E-state index in [-0.39, 0.29) is 30.0 Å². The van der Waals surface area contributed by atoms with Crippen molar-refractivity contribution in [3.05, 3.63) is 0 Å². The number of nitrogens with zero attached hydrogens (tertiary/aromatic N) is 1. The van der Waals surface area contributed by atoms with E-state index in [9.17, 15) is 13.2 Å². The van der Waals surface area contributed by atoms with Crippen LogP contribution >= 0.6 is 0 Å². The minimum atomic E-state index is -3.10. The molecule has 0 aromatic carbocycles. The molecule has 1 amide bonds. The van der Waals surface area contributed by atoms with Crippen molar-refractivity contribution in [2.75, 3.05) is 6.26 Å². The van der Waals surface area contributed by atoms with Gasteiger partial charge < -0.3 is 5.32 Å². The van der Waals surface area contributed by atoms with Crippen LogP contribution in [-0.4, -0.2) is 43.0 Å². The highest BCUT2D eigenvalue weighted by Crippen LogP contribution is 2.38. The van der Waals surface area contributed by atoms with Crippen LogP contribution in [0.15, 0.2) is 0 Å². The normalized spacial score (nSPS) is 36.6. The van der Waals surface area contributed by atoms with E-state index in [0.717, 1.165) is 38.5 Å². The molecule has 1 saturated carbocycles. The number of sulfonamides is 1. The van der Waals surface area contributed by atoms with Gasteiger partial charge in [0, 0.05) is 24.0 Å². The molecule has 2 unspecified atom stereocenters. The lowest BCUT2D eigenvalue weighted by atomic mass is 9.99. The first-order chi connectivity index (χ1) is 8.45. The highest BCUT2D eigenvalue weighted by molar-refractivity contribution is 7.88. The monoisotopic (exact) mass is 272 g/mol. The van der Waals surface area contributed by atoms with E-state index in [1.165, 1.54) is 6.26 Å². The third kappa shape index (κ3) is 2.28. The van der Waals surface area contributed by atoms with Crippen molar-refractivity contribution in [2.45, 2.75) is 56.7 Å². The number of fused-ring (bicyclic) bond motifs is 2. The van der Waals surface area contributed by atoms with Gasteiger partial charge in [-0.05, 0) is 38.5 Å². The number of hydrogen-bond donors (Lipinski definition) is 1. The highest BCUT2D eigenvalue weighted by Gasteiger charge is 2.46. The highest BCUT2D eigenvalue weighted by atomic mass is 32.2. The van der Waals surface area contributed by atoms with Crippen molar-refractivity contribution in [3.63, 3.8) is 0 Å². The third-order valence-electron chi connectivity index (χ3n) is 4.34. The fourth-order valence-corrected chi connectivity index (χ4v) is 4.92. The average molecular weight is 272 g/mol. The van der Waals surface area contributed by atoms with Crippen molar-refractivity contribution >= 4 is 15.9 Å². The van der Waals surface area contributed by atoms with Crippen LogP contribution in [0.5, 0.6) is 0 Å². The number of carbonyl (C=O) groups excluding carboxylic acids is 1. The maximum absolute atomic E-state index is 11.7. The molecule has 1 N–H and O–H groups in total. The smallest absolute Gasteiger partial charge is 0.223 e. The van der Waals surface area contributed by atoms with Gasteiger partial charge in [-0.25, -0.2) is 8.42 Å². The zero-order valence-electron chi connectivity index (χ0n) is 10.6. The van der Waals surface area contributed by atoms with Gasteiger partial charge in [0.25, 0.3) is 0 Å². The van der Waals surface area contributed by atoms with Gasteiger partial charge in [-0.15, -0.1) is 0 Å². The van der Waals surface area contributed by atoms with E-state index in [1.54, 1.807) is 4.31 Å². The molecule has 2 heterocycles. The third-order valence-corrected chi connectivity index (χ3v) is 5.71. The summed E-state index contributed by atoms with van der Waals surface area (Å²) in [6.45, 7) is 0. The van der Waals surface area contributed by atoms with Crippen LogP contribution in [0.3, 0.4) is 0 Å².